The Hall–Kier alpha value is -1.30. The summed E-state index contributed by atoms with van der Waals surface area (Å²) < 4.78 is 5.14. The van der Waals surface area contributed by atoms with Crippen LogP contribution in [0, 0.1) is 5.92 Å². The summed E-state index contributed by atoms with van der Waals surface area (Å²) in [6.45, 7) is 9.60. The van der Waals surface area contributed by atoms with Crippen molar-refractivity contribution in [2.24, 2.45) is 10.9 Å². The lowest BCUT2D eigenvalue weighted by molar-refractivity contribution is -0.149. The van der Waals surface area contributed by atoms with E-state index in [-0.39, 0.29) is 11.9 Å². The fourth-order valence-electron chi connectivity index (χ4n) is 3.72. The van der Waals surface area contributed by atoms with Gasteiger partial charge in [0.05, 0.1) is 12.5 Å². The summed E-state index contributed by atoms with van der Waals surface area (Å²) >= 11 is 0. The first kappa shape index (κ1) is 19.0. The fourth-order valence-corrected chi connectivity index (χ4v) is 3.72. The maximum atomic E-state index is 11.8. The normalized spacial score (nSPS) is 24.0. The molecule has 138 valence electrons. The van der Waals surface area contributed by atoms with E-state index in [1.807, 2.05) is 14.0 Å². The molecule has 2 fully saturated rings. The third-order valence-electron chi connectivity index (χ3n) is 5.25. The minimum Gasteiger partial charge on any atom is -0.466 e. The molecule has 0 amide bonds. The highest BCUT2D eigenvalue weighted by Crippen LogP contribution is 2.19. The molecule has 6 heteroatoms. The molecular weight excluding hydrogens is 304 g/mol. The molecule has 1 N–H and O–H groups in total. The molecule has 0 radical (unpaired) electrons. The summed E-state index contributed by atoms with van der Waals surface area (Å²) in [6.07, 6.45) is 5.70. The van der Waals surface area contributed by atoms with Crippen molar-refractivity contribution in [3.05, 3.63) is 0 Å². The average molecular weight is 338 g/mol. The van der Waals surface area contributed by atoms with Crippen LogP contribution in [0.4, 0.5) is 0 Å². The van der Waals surface area contributed by atoms with Gasteiger partial charge in [-0.1, -0.05) is 6.42 Å². The number of ether oxygens (including phenoxy) is 1. The molecule has 0 saturated carbocycles. The number of likely N-dealkylation sites (tertiary alicyclic amines) is 2. The molecule has 0 aromatic carbocycles. The van der Waals surface area contributed by atoms with Gasteiger partial charge in [-0.25, -0.2) is 0 Å². The van der Waals surface area contributed by atoms with Gasteiger partial charge in [0.1, 0.15) is 0 Å². The molecule has 0 aliphatic carbocycles. The molecule has 1 atom stereocenters. The molecule has 24 heavy (non-hydrogen) atoms. The van der Waals surface area contributed by atoms with Crippen LogP contribution < -0.4 is 5.32 Å². The third-order valence-corrected chi connectivity index (χ3v) is 5.25. The van der Waals surface area contributed by atoms with Crippen LogP contribution in [0.3, 0.4) is 0 Å². The van der Waals surface area contributed by atoms with E-state index in [1.54, 1.807) is 0 Å². The van der Waals surface area contributed by atoms with E-state index in [0.29, 0.717) is 12.6 Å². The Labute approximate surface area is 146 Å². The van der Waals surface area contributed by atoms with Crippen LogP contribution in [-0.4, -0.2) is 74.1 Å². The van der Waals surface area contributed by atoms with Gasteiger partial charge in [0.25, 0.3) is 0 Å². The molecular formula is C18H34N4O2. The molecule has 0 aromatic heterocycles. The van der Waals surface area contributed by atoms with Crippen molar-refractivity contribution in [1.82, 2.24) is 15.1 Å². The number of carbonyl (C=O) groups excluding carboxylic acids is 1. The van der Waals surface area contributed by atoms with Crippen LogP contribution in [0.25, 0.3) is 0 Å². The Bertz CT molecular complexity index is 419. The highest BCUT2D eigenvalue weighted by molar-refractivity contribution is 5.80. The van der Waals surface area contributed by atoms with Gasteiger partial charge in [-0.3, -0.25) is 14.7 Å². The van der Waals surface area contributed by atoms with Crippen LogP contribution in [0.5, 0.6) is 0 Å². The highest BCUT2D eigenvalue weighted by atomic mass is 16.5. The summed E-state index contributed by atoms with van der Waals surface area (Å²) in [5.41, 5.74) is 0. The number of aliphatic imine (C=N–C) groups is 1. The van der Waals surface area contributed by atoms with E-state index >= 15 is 0 Å². The number of carbonyl (C=O) groups is 1. The zero-order valence-corrected chi connectivity index (χ0v) is 15.6. The molecule has 0 aromatic rings. The summed E-state index contributed by atoms with van der Waals surface area (Å²) in [6, 6.07) is 0.697. The first-order chi connectivity index (χ1) is 11.7. The number of guanidine groups is 1. The Morgan fingerprint density at radius 3 is 2.58 bits per heavy atom. The van der Waals surface area contributed by atoms with Crippen LogP contribution in [0.1, 0.15) is 46.0 Å². The van der Waals surface area contributed by atoms with E-state index in [0.717, 1.165) is 45.0 Å². The Kier molecular flexibility index (Phi) is 7.82. The van der Waals surface area contributed by atoms with Crippen molar-refractivity contribution in [2.45, 2.75) is 52.0 Å². The van der Waals surface area contributed by atoms with Crippen molar-refractivity contribution in [3.8, 4) is 0 Å². The molecule has 2 aliphatic rings. The van der Waals surface area contributed by atoms with Gasteiger partial charge in [0.15, 0.2) is 5.96 Å². The lowest BCUT2D eigenvalue weighted by atomic mass is 9.97. The van der Waals surface area contributed by atoms with Crippen LogP contribution in [-0.2, 0) is 9.53 Å². The summed E-state index contributed by atoms with van der Waals surface area (Å²) in [5, 5.41) is 3.49. The first-order valence-electron chi connectivity index (χ1n) is 9.52. The van der Waals surface area contributed by atoms with Crippen LogP contribution >= 0.6 is 0 Å². The summed E-state index contributed by atoms with van der Waals surface area (Å²) in [7, 11) is 1.84. The van der Waals surface area contributed by atoms with Gasteiger partial charge in [-0.05, 0) is 46.1 Å². The number of esters is 1. The largest absolute Gasteiger partial charge is 0.466 e. The maximum Gasteiger partial charge on any atom is 0.309 e. The van der Waals surface area contributed by atoms with Crippen molar-refractivity contribution < 1.29 is 9.53 Å². The molecule has 0 spiro atoms. The average Bonchev–Trinajstić information content (AvgIpc) is 2.61. The highest BCUT2D eigenvalue weighted by Gasteiger charge is 2.27. The standard InChI is InChI=1S/C18H34N4O2/c1-4-24-17(23)16-8-12-22(13-9-16)18(19-3)20-10-14-21-11-6-5-7-15(21)2/h15-16H,4-14H2,1-3H3,(H,19,20). The Morgan fingerprint density at radius 1 is 1.21 bits per heavy atom. The second-order valence-electron chi connectivity index (χ2n) is 6.87. The van der Waals surface area contributed by atoms with E-state index in [1.165, 1.54) is 25.8 Å². The smallest absolute Gasteiger partial charge is 0.309 e. The number of nitrogens with one attached hydrogen (secondary N) is 1. The lowest BCUT2D eigenvalue weighted by Crippen LogP contribution is -2.49. The molecule has 6 nitrogen and oxygen atoms in total. The maximum absolute atomic E-state index is 11.8. The number of nitrogens with zero attached hydrogens (tertiary/aromatic N) is 3. The Morgan fingerprint density at radius 2 is 1.96 bits per heavy atom. The second kappa shape index (κ2) is 9.87. The molecule has 2 rings (SSSR count). The van der Waals surface area contributed by atoms with Crippen molar-refractivity contribution >= 4 is 11.9 Å². The number of rotatable bonds is 5. The Balaban J connectivity index is 1.71. The van der Waals surface area contributed by atoms with Crippen LogP contribution in [0.15, 0.2) is 4.99 Å². The van der Waals surface area contributed by atoms with E-state index in [9.17, 15) is 4.79 Å². The van der Waals surface area contributed by atoms with Crippen LogP contribution in [0.2, 0.25) is 0 Å². The number of hydrogen-bond donors (Lipinski definition) is 1. The third kappa shape index (κ3) is 5.36. The quantitative estimate of drug-likeness (QED) is 0.470. The zero-order valence-electron chi connectivity index (χ0n) is 15.6. The van der Waals surface area contributed by atoms with Crippen molar-refractivity contribution in [3.63, 3.8) is 0 Å². The van der Waals surface area contributed by atoms with Crippen molar-refractivity contribution in [1.29, 1.82) is 0 Å². The van der Waals surface area contributed by atoms with Gasteiger partial charge in [0, 0.05) is 39.3 Å². The topological polar surface area (TPSA) is 57.2 Å². The monoisotopic (exact) mass is 338 g/mol. The van der Waals surface area contributed by atoms with Gasteiger partial charge in [-0.15, -0.1) is 0 Å². The minimum atomic E-state index is -0.0424. The summed E-state index contributed by atoms with van der Waals surface area (Å²) in [5.74, 6) is 0.967. The fraction of sp³-hybridized carbons (Fsp3) is 0.889. The second-order valence-corrected chi connectivity index (χ2v) is 6.87. The zero-order chi connectivity index (χ0) is 17.4. The van der Waals surface area contributed by atoms with E-state index in [4.69, 9.17) is 4.74 Å². The van der Waals surface area contributed by atoms with E-state index < -0.39 is 0 Å². The lowest BCUT2D eigenvalue weighted by Gasteiger charge is -2.35. The molecule has 1 unspecified atom stereocenters. The molecule has 2 aliphatic heterocycles. The number of piperidine rings is 2. The summed E-state index contributed by atoms with van der Waals surface area (Å²) in [4.78, 5) is 21.1. The van der Waals surface area contributed by atoms with Gasteiger partial charge >= 0.3 is 5.97 Å². The van der Waals surface area contributed by atoms with Gasteiger partial charge in [-0.2, -0.15) is 0 Å². The number of hydrogen-bond acceptors (Lipinski definition) is 4. The predicted molar refractivity (Wildman–Crippen MR) is 97.2 cm³/mol. The SMILES string of the molecule is CCOC(=O)C1CCN(C(=NC)NCCN2CCCCC2C)CC1. The van der Waals surface area contributed by atoms with Crippen molar-refractivity contribution in [2.75, 3.05) is 46.4 Å². The van der Waals surface area contributed by atoms with Gasteiger partial charge < -0.3 is 15.0 Å². The molecule has 2 heterocycles. The predicted octanol–water partition coefficient (Wildman–Crippen LogP) is 1.71. The van der Waals surface area contributed by atoms with Gasteiger partial charge in [0.2, 0.25) is 0 Å². The first-order valence-corrected chi connectivity index (χ1v) is 9.52. The molecule has 2 saturated heterocycles. The minimum absolute atomic E-state index is 0.0424. The van der Waals surface area contributed by atoms with E-state index in [2.05, 4.69) is 27.0 Å². The molecule has 0 bridgehead atoms.